The number of halogens is 1. The van der Waals surface area contributed by atoms with E-state index in [1.807, 2.05) is 49.4 Å². The molecule has 7 heteroatoms. The normalized spacial score (nSPS) is 14.8. The minimum absolute atomic E-state index is 0.0458. The second-order valence-corrected chi connectivity index (χ2v) is 8.52. The van der Waals surface area contributed by atoms with Gasteiger partial charge in [-0.25, -0.2) is 14.1 Å². The molecule has 37 heavy (non-hydrogen) atoms. The van der Waals surface area contributed by atoms with E-state index in [9.17, 15) is 18.8 Å². The van der Waals surface area contributed by atoms with Crippen molar-refractivity contribution in [3.63, 3.8) is 0 Å². The predicted molar refractivity (Wildman–Crippen MR) is 140 cm³/mol. The number of fused-ring (bicyclic) bond motifs is 1. The maximum Gasteiger partial charge on any atom is 0.335 e. The molecule has 0 aliphatic carbocycles. The topological polar surface area (TPSA) is 75.7 Å². The zero-order valence-electron chi connectivity index (χ0n) is 20.0. The summed E-state index contributed by atoms with van der Waals surface area (Å²) >= 11 is 0. The third-order valence-corrected chi connectivity index (χ3v) is 6.28. The average molecular weight is 495 g/mol. The number of nitrogens with one attached hydrogen (secondary N) is 1. The van der Waals surface area contributed by atoms with Crippen LogP contribution in [0.2, 0.25) is 0 Å². The Balaban J connectivity index is 1.60. The number of hydrogen-bond donors (Lipinski definition) is 1. The van der Waals surface area contributed by atoms with Crippen LogP contribution in [0.4, 0.5) is 14.9 Å². The number of amides is 4. The number of nitrogens with zero attached hydrogens (tertiary/aromatic N) is 1. The van der Waals surface area contributed by atoms with Crippen molar-refractivity contribution in [2.24, 2.45) is 0 Å². The van der Waals surface area contributed by atoms with Crippen LogP contribution in [0.3, 0.4) is 0 Å². The van der Waals surface area contributed by atoms with Crippen LogP contribution < -0.4 is 15.0 Å². The van der Waals surface area contributed by atoms with E-state index in [2.05, 4.69) is 5.32 Å². The highest BCUT2D eigenvalue weighted by atomic mass is 19.1. The number of para-hydroxylation sites is 1. The van der Waals surface area contributed by atoms with Crippen LogP contribution in [0.25, 0.3) is 16.8 Å². The minimum Gasteiger partial charge on any atom is -0.488 e. The molecule has 184 valence electrons. The monoisotopic (exact) mass is 494 g/mol. The van der Waals surface area contributed by atoms with Gasteiger partial charge in [0.1, 0.15) is 23.7 Å². The highest BCUT2D eigenvalue weighted by Crippen LogP contribution is 2.33. The summed E-state index contributed by atoms with van der Waals surface area (Å²) in [5, 5.41) is 3.88. The van der Waals surface area contributed by atoms with Crippen LogP contribution in [-0.4, -0.2) is 17.8 Å². The molecule has 1 heterocycles. The van der Waals surface area contributed by atoms with Crippen molar-refractivity contribution < 1.29 is 23.5 Å². The van der Waals surface area contributed by atoms with Crippen LogP contribution in [-0.2, 0) is 22.6 Å². The van der Waals surface area contributed by atoms with Crippen LogP contribution in [0.15, 0.2) is 90.5 Å². The van der Waals surface area contributed by atoms with E-state index in [0.717, 1.165) is 21.2 Å². The van der Waals surface area contributed by atoms with Gasteiger partial charge in [-0.1, -0.05) is 73.7 Å². The summed E-state index contributed by atoms with van der Waals surface area (Å²) in [7, 11) is 0. The molecule has 4 aromatic carbocycles. The van der Waals surface area contributed by atoms with Gasteiger partial charge in [-0.05, 0) is 47.0 Å². The third kappa shape index (κ3) is 4.59. The molecular weight excluding hydrogens is 471 g/mol. The molecule has 1 fully saturated rings. The molecule has 0 bridgehead atoms. The molecule has 4 amide bonds. The van der Waals surface area contributed by atoms with Crippen molar-refractivity contribution in [2.45, 2.75) is 20.0 Å². The summed E-state index contributed by atoms with van der Waals surface area (Å²) in [6.07, 6.45) is 2.03. The second kappa shape index (κ2) is 10.1. The summed E-state index contributed by atoms with van der Waals surface area (Å²) in [5.74, 6) is -1.56. The molecule has 0 unspecified atom stereocenters. The van der Waals surface area contributed by atoms with Gasteiger partial charge < -0.3 is 4.74 Å². The first-order chi connectivity index (χ1) is 18.0. The van der Waals surface area contributed by atoms with E-state index in [4.69, 9.17) is 4.74 Å². The zero-order chi connectivity index (χ0) is 25.9. The summed E-state index contributed by atoms with van der Waals surface area (Å²) in [6, 6.07) is 23.6. The summed E-state index contributed by atoms with van der Waals surface area (Å²) in [5.41, 5.74) is 1.84. The van der Waals surface area contributed by atoms with E-state index in [0.29, 0.717) is 29.0 Å². The van der Waals surface area contributed by atoms with Crippen LogP contribution in [0, 0.1) is 5.82 Å². The second-order valence-electron chi connectivity index (χ2n) is 8.52. The SMILES string of the molecule is CCc1ccccc1N1C(=O)NC(=O)/C(=C/c2c(OCc3ccccc3F)ccc3ccccc23)C1=O. The molecular formula is C30H23FN2O4. The molecule has 1 aliphatic rings. The largest absolute Gasteiger partial charge is 0.488 e. The Morgan fingerprint density at radius 3 is 2.35 bits per heavy atom. The van der Waals surface area contributed by atoms with Crippen molar-refractivity contribution in [1.82, 2.24) is 5.32 Å². The number of benzene rings is 4. The number of hydrogen-bond acceptors (Lipinski definition) is 4. The lowest BCUT2D eigenvalue weighted by atomic mass is 9.99. The quantitative estimate of drug-likeness (QED) is 0.272. The van der Waals surface area contributed by atoms with Crippen molar-refractivity contribution in [3.05, 3.63) is 113 Å². The minimum atomic E-state index is -0.804. The lowest BCUT2D eigenvalue weighted by Crippen LogP contribution is -2.54. The van der Waals surface area contributed by atoms with E-state index in [1.54, 1.807) is 36.4 Å². The van der Waals surface area contributed by atoms with Crippen molar-refractivity contribution in [2.75, 3.05) is 4.90 Å². The van der Waals surface area contributed by atoms with Crippen LogP contribution >= 0.6 is 0 Å². The Morgan fingerprint density at radius 1 is 0.865 bits per heavy atom. The molecule has 1 N–H and O–H groups in total. The Kier molecular flexibility index (Phi) is 6.51. The van der Waals surface area contributed by atoms with Crippen molar-refractivity contribution in [3.8, 4) is 5.75 Å². The number of anilines is 1. The molecule has 6 nitrogen and oxygen atoms in total. The van der Waals surface area contributed by atoms with Gasteiger partial charge in [-0.15, -0.1) is 0 Å². The van der Waals surface area contributed by atoms with Gasteiger partial charge >= 0.3 is 6.03 Å². The first-order valence-corrected chi connectivity index (χ1v) is 11.8. The number of aryl methyl sites for hydroxylation is 1. The number of barbiturate groups is 1. The van der Waals surface area contributed by atoms with Gasteiger partial charge in [0.05, 0.1) is 5.69 Å². The fourth-order valence-corrected chi connectivity index (χ4v) is 4.37. The van der Waals surface area contributed by atoms with Gasteiger partial charge in [0.2, 0.25) is 0 Å². The third-order valence-electron chi connectivity index (χ3n) is 6.28. The highest BCUT2D eigenvalue weighted by molar-refractivity contribution is 6.39. The molecule has 1 aliphatic heterocycles. The van der Waals surface area contributed by atoms with E-state index in [-0.39, 0.29) is 12.2 Å². The fraction of sp³-hybridized carbons (Fsp3) is 0.100. The zero-order valence-corrected chi connectivity index (χ0v) is 20.0. The summed E-state index contributed by atoms with van der Waals surface area (Å²) < 4.78 is 20.2. The Hall–Kier alpha value is -4.78. The van der Waals surface area contributed by atoms with Gasteiger partial charge in [-0.3, -0.25) is 14.9 Å². The smallest absolute Gasteiger partial charge is 0.335 e. The van der Waals surface area contributed by atoms with Gasteiger partial charge in [0.15, 0.2) is 0 Å². The number of imide groups is 2. The fourth-order valence-electron chi connectivity index (χ4n) is 4.37. The maximum absolute atomic E-state index is 14.2. The molecule has 4 aromatic rings. The molecule has 1 saturated heterocycles. The van der Waals surface area contributed by atoms with Crippen molar-refractivity contribution >= 4 is 40.4 Å². The molecule has 0 radical (unpaired) electrons. The molecule has 0 saturated carbocycles. The van der Waals surface area contributed by atoms with Crippen LogP contribution in [0.1, 0.15) is 23.6 Å². The number of urea groups is 1. The van der Waals surface area contributed by atoms with Crippen molar-refractivity contribution in [1.29, 1.82) is 0 Å². The molecule has 5 rings (SSSR count). The first kappa shape index (κ1) is 23.9. The lowest BCUT2D eigenvalue weighted by Gasteiger charge is -2.28. The Morgan fingerprint density at radius 2 is 1.57 bits per heavy atom. The predicted octanol–water partition coefficient (Wildman–Crippen LogP) is 5.79. The standard InChI is InChI=1S/C30H23FN2O4/c1-2-19-9-5-8-14-26(19)33-29(35)24(28(34)32-30(33)36)17-23-22-12-6-3-10-20(22)15-16-27(23)37-18-21-11-4-7-13-25(21)31/h3-17H,2,18H2,1H3,(H,32,34,36)/b24-17-. The number of ether oxygens (including phenoxy) is 1. The van der Waals surface area contributed by atoms with E-state index >= 15 is 0 Å². The van der Waals surface area contributed by atoms with E-state index in [1.165, 1.54) is 12.1 Å². The lowest BCUT2D eigenvalue weighted by molar-refractivity contribution is -0.122. The number of rotatable bonds is 6. The Labute approximate surface area is 213 Å². The molecule has 0 aromatic heterocycles. The van der Waals surface area contributed by atoms with Gasteiger partial charge in [-0.2, -0.15) is 0 Å². The molecule has 0 spiro atoms. The summed E-state index contributed by atoms with van der Waals surface area (Å²) in [6.45, 7) is 1.87. The highest BCUT2D eigenvalue weighted by Gasteiger charge is 2.37. The number of carbonyl (C=O) groups is 3. The van der Waals surface area contributed by atoms with E-state index < -0.39 is 23.7 Å². The van der Waals surface area contributed by atoms with Crippen LogP contribution in [0.5, 0.6) is 5.75 Å². The Bertz CT molecular complexity index is 1580. The maximum atomic E-state index is 14.2. The first-order valence-electron chi connectivity index (χ1n) is 11.8. The summed E-state index contributed by atoms with van der Waals surface area (Å²) in [4.78, 5) is 40.2. The average Bonchev–Trinajstić information content (AvgIpc) is 2.91. The number of carbonyl (C=O) groups excluding carboxylic acids is 3. The molecule has 0 atom stereocenters. The van der Waals surface area contributed by atoms with Gasteiger partial charge in [0.25, 0.3) is 11.8 Å². The van der Waals surface area contributed by atoms with Gasteiger partial charge in [0, 0.05) is 11.1 Å².